The Bertz CT molecular complexity index is 2300. The smallest absolute Gasteiger partial charge is 0.343 e. The average molecular weight is 595 g/mol. The number of esters is 2. The molecule has 0 atom stereocenters. The van der Waals surface area contributed by atoms with Crippen LogP contribution < -0.4 is 9.47 Å². The summed E-state index contributed by atoms with van der Waals surface area (Å²) in [6, 6.07) is 50.2. The maximum absolute atomic E-state index is 13.7. The fourth-order valence-electron chi connectivity index (χ4n) is 6.14. The van der Waals surface area contributed by atoms with Crippen molar-refractivity contribution >= 4 is 55.0 Å². The standard InChI is InChI=1S/C42H26O4/c43-41(33-19-17-27-9-1-3-13-31(27)25-33)45-37-23-21-29-11-5-7-15-35(29)39(37)40-36-16-8-6-12-30(36)22-24-38(40)46-42(44)34-20-18-28-10-2-4-14-32(28)26-34/h1-26H. The highest BCUT2D eigenvalue weighted by Gasteiger charge is 2.23. The second kappa shape index (κ2) is 11.3. The van der Waals surface area contributed by atoms with Gasteiger partial charge in [0.1, 0.15) is 11.5 Å². The van der Waals surface area contributed by atoms with Crippen LogP contribution in [0.4, 0.5) is 0 Å². The Morgan fingerprint density at radius 2 is 0.696 bits per heavy atom. The molecule has 0 bridgehead atoms. The molecule has 0 spiro atoms. The molecule has 8 aromatic rings. The molecule has 0 unspecified atom stereocenters. The van der Waals surface area contributed by atoms with E-state index in [1.807, 2.05) is 146 Å². The molecular weight excluding hydrogens is 568 g/mol. The number of hydrogen-bond acceptors (Lipinski definition) is 4. The molecule has 0 radical (unpaired) electrons. The molecule has 0 aliphatic rings. The zero-order valence-corrected chi connectivity index (χ0v) is 24.6. The zero-order chi connectivity index (χ0) is 31.0. The summed E-state index contributed by atoms with van der Waals surface area (Å²) >= 11 is 0. The molecule has 4 nitrogen and oxygen atoms in total. The molecule has 0 amide bonds. The first kappa shape index (κ1) is 27.3. The highest BCUT2D eigenvalue weighted by molar-refractivity contribution is 6.11. The van der Waals surface area contributed by atoms with Gasteiger partial charge in [-0.15, -0.1) is 0 Å². The molecule has 0 aliphatic carbocycles. The first-order chi connectivity index (χ1) is 22.6. The van der Waals surface area contributed by atoms with Gasteiger partial charge < -0.3 is 9.47 Å². The van der Waals surface area contributed by atoms with Crippen LogP contribution in [0.5, 0.6) is 11.5 Å². The summed E-state index contributed by atoms with van der Waals surface area (Å²) in [5, 5.41) is 7.64. The fourth-order valence-corrected chi connectivity index (χ4v) is 6.14. The van der Waals surface area contributed by atoms with E-state index >= 15 is 0 Å². The van der Waals surface area contributed by atoms with Gasteiger partial charge >= 0.3 is 11.9 Å². The molecule has 0 N–H and O–H groups in total. The Balaban J connectivity index is 1.28. The second-order valence-electron chi connectivity index (χ2n) is 11.2. The molecule has 0 fully saturated rings. The largest absolute Gasteiger partial charge is 0.422 e. The third kappa shape index (κ3) is 4.92. The number of carbonyl (C=O) groups is 2. The predicted molar refractivity (Wildman–Crippen MR) is 185 cm³/mol. The molecule has 8 aromatic carbocycles. The third-order valence-corrected chi connectivity index (χ3v) is 8.41. The minimum Gasteiger partial charge on any atom is -0.422 e. The van der Waals surface area contributed by atoms with Crippen molar-refractivity contribution in [1.82, 2.24) is 0 Å². The number of rotatable bonds is 5. The number of ether oxygens (including phenoxy) is 2. The average Bonchev–Trinajstić information content (AvgIpc) is 3.11. The van der Waals surface area contributed by atoms with Crippen LogP contribution in [-0.4, -0.2) is 11.9 Å². The molecule has 218 valence electrons. The van der Waals surface area contributed by atoms with Crippen molar-refractivity contribution in [2.75, 3.05) is 0 Å². The second-order valence-corrected chi connectivity index (χ2v) is 11.2. The van der Waals surface area contributed by atoms with Crippen LogP contribution in [0.3, 0.4) is 0 Å². The van der Waals surface area contributed by atoms with Crippen molar-refractivity contribution in [2.24, 2.45) is 0 Å². The molecule has 0 saturated heterocycles. The normalized spacial score (nSPS) is 11.2. The molecule has 0 heterocycles. The van der Waals surface area contributed by atoms with E-state index in [2.05, 4.69) is 0 Å². The van der Waals surface area contributed by atoms with E-state index in [0.29, 0.717) is 33.8 Å². The summed E-state index contributed by atoms with van der Waals surface area (Å²) in [4.78, 5) is 27.4. The fraction of sp³-hybridized carbons (Fsp3) is 0. The summed E-state index contributed by atoms with van der Waals surface area (Å²) < 4.78 is 12.4. The van der Waals surface area contributed by atoms with Crippen LogP contribution in [0.2, 0.25) is 0 Å². The molecule has 46 heavy (non-hydrogen) atoms. The number of fused-ring (bicyclic) bond motifs is 4. The highest BCUT2D eigenvalue weighted by Crippen LogP contribution is 2.46. The van der Waals surface area contributed by atoms with Gasteiger partial charge in [0.15, 0.2) is 0 Å². The molecular formula is C42H26O4. The maximum atomic E-state index is 13.7. The minimum absolute atomic E-state index is 0.371. The molecule has 8 rings (SSSR count). The summed E-state index contributed by atoms with van der Waals surface area (Å²) in [6.07, 6.45) is 0. The van der Waals surface area contributed by atoms with Gasteiger partial charge in [-0.1, -0.05) is 121 Å². The van der Waals surface area contributed by atoms with Gasteiger partial charge in [0.2, 0.25) is 0 Å². The monoisotopic (exact) mass is 594 g/mol. The van der Waals surface area contributed by atoms with Gasteiger partial charge in [0.05, 0.1) is 11.1 Å². The van der Waals surface area contributed by atoms with Crippen molar-refractivity contribution in [3.8, 4) is 22.6 Å². The first-order valence-corrected chi connectivity index (χ1v) is 15.1. The molecule has 0 aromatic heterocycles. The van der Waals surface area contributed by atoms with Crippen molar-refractivity contribution in [2.45, 2.75) is 0 Å². The Morgan fingerprint density at radius 1 is 0.348 bits per heavy atom. The van der Waals surface area contributed by atoms with E-state index in [1.54, 1.807) is 12.1 Å². The lowest BCUT2D eigenvalue weighted by Gasteiger charge is -2.19. The van der Waals surface area contributed by atoms with Gasteiger partial charge in [-0.2, -0.15) is 0 Å². The topological polar surface area (TPSA) is 52.6 Å². The minimum atomic E-state index is -0.475. The van der Waals surface area contributed by atoms with Crippen LogP contribution in [0, 0.1) is 0 Å². The summed E-state index contributed by atoms with van der Waals surface area (Å²) in [6.45, 7) is 0. The van der Waals surface area contributed by atoms with E-state index in [0.717, 1.165) is 43.1 Å². The summed E-state index contributed by atoms with van der Waals surface area (Å²) in [5.74, 6) is -0.207. The number of carbonyl (C=O) groups excluding carboxylic acids is 2. The number of hydrogen-bond donors (Lipinski definition) is 0. The van der Waals surface area contributed by atoms with Crippen LogP contribution in [-0.2, 0) is 0 Å². The summed E-state index contributed by atoms with van der Waals surface area (Å²) in [5.41, 5.74) is 2.23. The van der Waals surface area contributed by atoms with Gasteiger partial charge in [0, 0.05) is 11.1 Å². The maximum Gasteiger partial charge on any atom is 0.343 e. The first-order valence-electron chi connectivity index (χ1n) is 15.1. The lowest BCUT2D eigenvalue weighted by molar-refractivity contribution is 0.0723. The Labute approximate surface area is 265 Å². The van der Waals surface area contributed by atoms with Crippen molar-refractivity contribution in [3.63, 3.8) is 0 Å². The lowest BCUT2D eigenvalue weighted by Crippen LogP contribution is -2.11. The van der Waals surface area contributed by atoms with Gasteiger partial charge in [-0.3, -0.25) is 0 Å². The van der Waals surface area contributed by atoms with Crippen molar-refractivity contribution in [1.29, 1.82) is 0 Å². The molecule has 0 aliphatic heterocycles. The van der Waals surface area contributed by atoms with Gasteiger partial charge in [0.25, 0.3) is 0 Å². The number of benzene rings is 8. The van der Waals surface area contributed by atoms with Crippen LogP contribution in [0.1, 0.15) is 20.7 Å². The summed E-state index contributed by atoms with van der Waals surface area (Å²) in [7, 11) is 0. The van der Waals surface area contributed by atoms with Crippen molar-refractivity contribution in [3.05, 3.63) is 169 Å². The SMILES string of the molecule is O=C(Oc1ccc2ccccc2c1-c1c(OC(=O)c2ccc3ccccc3c2)ccc2ccccc12)c1ccc2ccccc2c1. The molecule has 0 saturated carbocycles. The van der Waals surface area contributed by atoms with E-state index in [4.69, 9.17) is 9.47 Å². The lowest BCUT2D eigenvalue weighted by atomic mass is 9.92. The zero-order valence-electron chi connectivity index (χ0n) is 24.6. The Hall–Kier alpha value is -6.26. The van der Waals surface area contributed by atoms with E-state index in [1.165, 1.54) is 0 Å². The predicted octanol–water partition coefficient (Wildman–Crippen LogP) is 10.4. The van der Waals surface area contributed by atoms with E-state index in [9.17, 15) is 9.59 Å². The van der Waals surface area contributed by atoms with Crippen molar-refractivity contribution < 1.29 is 19.1 Å². The van der Waals surface area contributed by atoms with Gasteiger partial charge in [-0.05, 0) is 79.5 Å². The van der Waals surface area contributed by atoms with Crippen LogP contribution in [0.15, 0.2) is 158 Å². The Morgan fingerprint density at radius 3 is 1.13 bits per heavy atom. The quantitative estimate of drug-likeness (QED) is 0.147. The van der Waals surface area contributed by atoms with Crippen LogP contribution in [0.25, 0.3) is 54.2 Å². The van der Waals surface area contributed by atoms with Crippen LogP contribution >= 0.6 is 0 Å². The van der Waals surface area contributed by atoms with E-state index < -0.39 is 11.9 Å². The van der Waals surface area contributed by atoms with Gasteiger partial charge in [-0.25, -0.2) is 9.59 Å². The third-order valence-electron chi connectivity index (χ3n) is 8.41. The highest BCUT2D eigenvalue weighted by atomic mass is 16.5. The Kier molecular flexibility index (Phi) is 6.73. The van der Waals surface area contributed by atoms with E-state index in [-0.39, 0.29) is 0 Å². The molecule has 4 heteroatoms.